The van der Waals surface area contributed by atoms with E-state index in [1.165, 1.54) is 5.56 Å². The van der Waals surface area contributed by atoms with Crippen molar-refractivity contribution in [3.8, 4) is 0 Å². The minimum Gasteiger partial charge on any atom is -0.354 e. The van der Waals surface area contributed by atoms with Gasteiger partial charge in [-0.3, -0.25) is 9.59 Å². The summed E-state index contributed by atoms with van der Waals surface area (Å²) in [6, 6.07) is 17.5. The molecule has 0 aliphatic heterocycles. The average molecular weight is 491 g/mol. The molecule has 2 rings (SSSR count). The zero-order valence-corrected chi connectivity index (χ0v) is 20.3. The summed E-state index contributed by atoms with van der Waals surface area (Å²) in [5.74, 6) is 1.39. The van der Waals surface area contributed by atoms with E-state index in [2.05, 4.69) is 47.2 Å². The highest BCUT2D eigenvalue weighted by atomic mass is 79.9. The predicted octanol–water partition coefficient (Wildman–Crippen LogP) is 5.26. The van der Waals surface area contributed by atoms with Gasteiger partial charge < -0.3 is 10.2 Å². The molecule has 0 aliphatic rings. The maximum atomic E-state index is 13.2. The van der Waals surface area contributed by atoms with Gasteiger partial charge >= 0.3 is 0 Å². The molecular formula is C24H31BrN2O2S. The van der Waals surface area contributed by atoms with E-state index in [0.717, 1.165) is 15.8 Å². The van der Waals surface area contributed by atoms with Gasteiger partial charge in [-0.25, -0.2) is 0 Å². The summed E-state index contributed by atoms with van der Waals surface area (Å²) in [6.45, 7) is 7.13. The third kappa shape index (κ3) is 8.15. The second-order valence-corrected chi connectivity index (χ2v) is 9.59. The predicted molar refractivity (Wildman–Crippen MR) is 129 cm³/mol. The molecule has 0 fully saturated rings. The number of rotatable bonds is 11. The van der Waals surface area contributed by atoms with Gasteiger partial charge in [0, 0.05) is 23.3 Å². The number of carbonyl (C=O) groups excluding carboxylic acids is 2. The Morgan fingerprint density at radius 2 is 1.70 bits per heavy atom. The first kappa shape index (κ1) is 24.5. The van der Waals surface area contributed by atoms with Gasteiger partial charge in [0.1, 0.15) is 6.04 Å². The summed E-state index contributed by atoms with van der Waals surface area (Å²) in [5, 5.41) is 3.00. The lowest BCUT2D eigenvalue weighted by Crippen LogP contribution is -2.50. The number of hydrogen-bond acceptors (Lipinski definition) is 3. The molecule has 0 radical (unpaired) electrons. The molecule has 0 bridgehead atoms. The minimum atomic E-state index is -0.468. The monoisotopic (exact) mass is 490 g/mol. The first-order chi connectivity index (χ1) is 14.4. The summed E-state index contributed by atoms with van der Waals surface area (Å²) in [4.78, 5) is 27.7. The molecule has 4 nitrogen and oxygen atoms in total. The number of nitrogens with one attached hydrogen (secondary N) is 1. The Morgan fingerprint density at radius 3 is 2.30 bits per heavy atom. The topological polar surface area (TPSA) is 49.4 Å². The highest BCUT2D eigenvalue weighted by molar-refractivity contribution is 9.10. The molecule has 0 aliphatic carbocycles. The van der Waals surface area contributed by atoms with Crippen LogP contribution in [0.3, 0.4) is 0 Å². The van der Waals surface area contributed by atoms with E-state index in [-0.39, 0.29) is 11.8 Å². The number of thioether (sulfide) groups is 1. The van der Waals surface area contributed by atoms with Gasteiger partial charge in [-0.05, 0) is 35.6 Å². The third-order valence-corrected chi connectivity index (χ3v) is 6.19. The molecule has 0 aromatic heterocycles. The van der Waals surface area contributed by atoms with Crippen molar-refractivity contribution in [2.75, 3.05) is 12.3 Å². The maximum Gasteiger partial charge on any atom is 0.242 e. The Morgan fingerprint density at radius 1 is 1.03 bits per heavy atom. The Bertz CT molecular complexity index is 797. The largest absolute Gasteiger partial charge is 0.354 e. The van der Waals surface area contributed by atoms with Crippen LogP contribution in [0.4, 0.5) is 0 Å². The summed E-state index contributed by atoms with van der Waals surface area (Å²) in [5.41, 5.74) is 2.20. The van der Waals surface area contributed by atoms with E-state index >= 15 is 0 Å². The van der Waals surface area contributed by atoms with E-state index < -0.39 is 6.04 Å². The third-order valence-electron chi connectivity index (χ3n) is 4.67. The van der Waals surface area contributed by atoms with E-state index in [0.29, 0.717) is 31.2 Å². The molecule has 1 N–H and O–H groups in total. The van der Waals surface area contributed by atoms with Crippen LogP contribution in [0.15, 0.2) is 59.1 Å². The van der Waals surface area contributed by atoms with Crippen LogP contribution in [0, 0.1) is 5.92 Å². The molecule has 30 heavy (non-hydrogen) atoms. The highest BCUT2D eigenvalue weighted by Gasteiger charge is 2.28. The lowest BCUT2D eigenvalue weighted by molar-refractivity contribution is -0.139. The standard InChI is InChI=1S/C24H31BrN2O2S/c1-4-22(24(29)26-14-18(2)3)27(15-19-8-6-5-7-9-19)23(28)17-30-16-20-10-12-21(25)13-11-20/h5-13,18,22H,4,14-17H2,1-3H3,(H,26,29). The van der Waals surface area contributed by atoms with Gasteiger partial charge in [-0.1, -0.05) is 79.2 Å². The van der Waals surface area contributed by atoms with Crippen LogP contribution < -0.4 is 5.32 Å². The van der Waals surface area contributed by atoms with Gasteiger partial charge in [0.25, 0.3) is 0 Å². The van der Waals surface area contributed by atoms with E-state index in [1.807, 2.05) is 49.4 Å². The molecule has 0 saturated heterocycles. The zero-order chi connectivity index (χ0) is 21.9. The number of carbonyl (C=O) groups is 2. The van der Waals surface area contributed by atoms with Gasteiger partial charge in [0.05, 0.1) is 5.75 Å². The van der Waals surface area contributed by atoms with Crippen molar-refractivity contribution in [3.05, 3.63) is 70.2 Å². The zero-order valence-electron chi connectivity index (χ0n) is 17.9. The lowest BCUT2D eigenvalue weighted by atomic mass is 10.1. The van der Waals surface area contributed by atoms with Gasteiger partial charge in [0.2, 0.25) is 11.8 Å². The molecule has 1 unspecified atom stereocenters. The summed E-state index contributed by atoms with van der Waals surface area (Å²) in [6.07, 6.45) is 0.583. The average Bonchev–Trinajstić information content (AvgIpc) is 2.74. The second-order valence-electron chi connectivity index (χ2n) is 7.69. The fourth-order valence-electron chi connectivity index (χ4n) is 3.04. The van der Waals surface area contributed by atoms with Crippen LogP contribution >= 0.6 is 27.7 Å². The van der Waals surface area contributed by atoms with Gasteiger partial charge in [-0.15, -0.1) is 11.8 Å². The first-order valence-corrected chi connectivity index (χ1v) is 12.3. The molecule has 2 aromatic carbocycles. The summed E-state index contributed by atoms with van der Waals surface area (Å²) in [7, 11) is 0. The van der Waals surface area contributed by atoms with Crippen LogP contribution in [0.2, 0.25) is 0 Å². The van der Waals surface area contributed by atoms with Crippen molar-refractivity contribution in [1.82, 2.24) is 10.2 Å². The lowest BCUT2D eigenvalue weighted by Gasteiger charge is -2.31. The summed E-state index contributed by atoms with van der Waals surface area (Å²) < 4.78 is 1.04. The number of benzene rings is 2. The van der Waals surface area contributed by atoms with Crippen molar-refractivity contribution in [1.29, 1.82) is 0 Å². The first-order valence-electron chi connectivity index (χ1n) is 10.3. The van der Waals surface area contributed by atoms with Crippen LogP contribution in [0.25, 0.3) is 0 Å². The molecule has 6 heteroatoms. The molecule has 0 saturated carbocycles. The molecule has 0 spiro atoms. The Kier molecular flexibility index (Phi) is 10.4. The van der Waals surface area contributed by atoms with Gasteiger partial charge in [-0.2, -0.15) is 0 Å². The normalized spacial score (nSPS) is 11.9. The van der Waals surface area contributed by atoms with Crippen molar-refractivity contribution >= 4 is 39.5 Å². The van der Waals surface area contributed by atoms with Crippen molar-refractivity contribution in [2.24, 2.45) is 5.92 Å². The highest BCUT2D eigenvalue weighted by Crippen LogP contribution is 2.19. The van der Waals surface area contributed by atoms with Crippen LogP contribution in [0.5, 0.6) is 0 Å². The molecular weight excluding hydrogens is 460 g/mol. The molecule has 1 atom stereocenters. The SMILES string of the molecule is CCC(C(=O)NCC(C)C)N(Cc1ccccc1)C(=O)CSCc1ccc(Br)cc1. The maximum absolute atomic E-state index is 13.2. The van der Waals surface area contributed by atoms with E-state index in [9.17, 15) is 9.59 Å². The van der Waals surface area contributed by atoms with Crippen LogP contribution in [0.1, 0.15) is 38.3 Å². The molecule has 162 valence electrons. The van der Waals surface area contributed by atoms with Crippen LogP contribution in [-0.4, -0.2) is 35.1 Å². The quantitative estimate of drug-likeness (QED) is 0.467. The molecule has 2 aromatic rings. The minimum absolute atomic E-state index is 0.00693. The van der Waals surface area contributed by atoms with Crippen molar-refractivity contribution in [3.63, 3.8) is 0 Å². The fraction of sp³-hybridized carbons (Fsp3) is 0.417. The molecule has 0 heterocycles. The van der Waals surface area contributed by atoms with Crippen molar-refractivity contribution in [2.45, 2.75) is 45.5 Å². The Balaban J connectivity index is 2.07. The van der Waals surface area contributed by atoms with Crippen LogP contribution in [-0.2, 0) is 21.9 Å². The molecule has 2 amide bonds. The van der Waals surface area contributed by atoms with Crippen molar-refractivity contribution < 1.29 is 9.59 Å². The number of hydrogen-bond donors (Lipinski definition) is 1. The van der Waals surface area contributed by atoms with E-state index in [4.69, 9.17) is 0 Å². The second kappa shape index (κ2) is 12.8. The Hall–Kier alpha value is -1.79. The summed E-state index contributed by atoms with van der Waals surface area (Å²) >= 11 is 5.02. The number of halogens is 1. The van der Waals surface area contributed by atoms with E-state index in [1.54, 1.807) is 16.7 Å². The fourth-order valence-corrected chi connectivity index (χ4v) is 4.18. The number of nitrogens with zero attached hydrogens (tertiary/aromatic N) is 1. The Labute approximate surface area is 192 Å². The smallest absolute Gasteiger partial charge is 0.242 e. The number of amides is 2. The van der Waals surface area contributed by atoms with Gasteiger partial charge in [0.15, 0.2) is 0 Å².